The Hall–Kier alpha value is -0.770. The van der Waals surface area contributed by atoms with Gasteiger partial charge in [-0.05, 0) is 26.2 Å². The first-order chi connectivity index (χ1) is 6.99. The van der Waals surface area contributed by atoms with Crippen molar-refractivity contribution in [1.29, 1.82) is 0 Å². The van der Waals surface area contributed by atoms with Crippen molar-refractivity contribution >= 4 is 5.84 Å². The van der Waals surface area contributed by atoms with E-state index >= 15 is 0 Å². The lowest BCUT2D eigenvalue weighted by molar-refractivity contribution is 0.314. The minimum Gasteiger partial charge on any atom is -0.409 e. The maximum Gasteiger partial charge on any atom is 0.140 e. The molecular weight excluding hydrogens is 190 g/mol. The van der Waals surface area contributed by atoms with Crippen LogP contribution in [0.3, 0.4) is 0 Å². The molecule has 3 atom stereocenters. The van der Waals surface area contributed by atoms with E-state index in [-0.39, 0.29) is 11.9 Å². The Bertz CT molecular complexity index is 194. The summed E-state index contributed by atoms with van der Waals surface area (Å²) in [5, 5.41) is 14.8. The first-order valence-electron chi connectivity index (χ1n) is 5.72. The van der Waals surface area contributed by atoms with Gasteiger partial charge in [0.25, 0.3) is 0 Å². The number of hydrogen-bond donors (Lipinski definition) is 3. The molecule has 0 fully saturated rings. The van der Waals surface area contributed by atoms with Crippen LogP contribution in [0.4, 0.5) is 0 Å². The summed E-state index contributed by atoms with van der Waals surface area (Å²) < 4.78 is 0. The summed E-state index contributed by atoms with van der Waals surface area (Å²) in [5.41, 5.74) is 5.44. The van der Waals surface area contributed by atoms with E-state index in [9.17, 15) is 0 Å². The molecule has 0 aliphatic heterocycles. The Morgan fingerprint density at radius 2 is 1.93 bits per heavy atom. The van der Waals surface area contributed by atoms with Gasteiger partial charge in [-0.1, -0.05) is 25.4 Å². The van der Waals surface area contributed by atoms with Gasteiger partial charge in [0, 0.05) is 18.5 Å². The van der Waals surface area contributed by atoms with Gasteiger partial charge in [-0.3, -0.25) is 0 Å². The van der Waals surface area contributed by atoms with Gasteiger partial charge in [0.15, 0.2) is 0 Å². The van der Waals surface area contributed by atoms with Gasteiger partial charge in [-0.25, -0.2) is 0 Å². The molecule has 3 unspecified atom stereocenters. The normalized spacial score (nSPS) is 18.5. The summed E-state index contributed by atoms with van der Waals surface area (Å²) in [5.74, 6) is 1.02. The average molecular weight is 215 g/mol. The van der Waals surface area contributed by atoms with Gasteiger partial charge < -0.3 is 16.3 Å². The third-order valence-corrected chi connectivity index (χ3v) is 2.67. The van der Waals surface area contributed by atoms with Crippen molar-refractivity contribution in [2.24, 2.45) is 16.8 Å². The third kappa shape index (κ3) is 7.19. The summed E-state index contributed by atoms with van der Waals surface area (Å²) in [6.45, 7) is 8.68. The monoisotopic (exact) mass is 215 g/mol. The topological polar surface area (TPSA) is 70.6 Å². The standard InChI is InChI=1S/C11H25N3O/c1-5-8(2)6-9(3)13-10(4)7-11(12)14-15/h8-10,13,15H,5-7H2,1-4H3,(H2,12,14). The highest BCUT2D eigenvalue weighted by Gasteiger charge is 2.11. The van der Waals surface area contributed by atoms with Crippen molar-refractivity contribution in [2.75, 3.05) is 0 Å². The van der Waals surface area contributed by atoms with E-state index in [1.165, 1.54) is 6.42 Å². The first-order valence-corrected chi connectivity index (χ1v) is 5.72. The van der Waals surface area contributed by atoms with Gasteiger partial charge in [-0.15, -0.1) is 0 Å². The van der Waals surface area contributed by atoms with Gasteiger partial charge in [0.05, 0.1) is 0 Å². The van der Waals surface area contributed by atoms with E-state index < -0.39 is 0 Å². The molecule has 0 aromatic carbocycles. The highest BCUT2D eigenvalue weighted by atomic mass is 16.4. The fourth-order valence-electron chi connectivity index (χ4n) is 1.74. The zero-order chi connectivity index (χ0) is 11.8. The smallest absolute Gasteiger partial charge is 0.140 e. The van der Waals surface area contributed by atoms with Crippen molar-refractivity contribution in [3.63, 3.8) is 0 Å². The molecule has 0 aliphatic carbocycles. The van der Waals surface area contributed by atoms with Gasteiger partial charge in [0.1, 0.15) is 5.84 Å². The lowest BCUT2D eigenvalue weighted by Crippen LogP contribution is -2.38. The van der Waals surface area contributed by atoms with E-state index in [0.717, 1.165) is 12.3 Å². The van der Waals surface area contributed by atoms with Crippen molar-refractivity contribution in [1.82, 2.24) is 5.32 Å². The van der Waals surface area contributed by atoms with E-state index in [2.05, 4.69) is 31.2 Å². The minimum absolute atomic E-state index is 0.250. The number of nitrogens with two attached hydrogens (primary N) is 1. The zero-order valence-electron chi connectivity index (χ0n) is 10.3. The second-order valence-electron chi connectivity index (χ2n) is 4.51. The maximum atomic E-state index is 8.44. The number of nitrogens with one attached hydrogen (secondary N) is 1. The Morgan fingerprint density at radius 3 is 2.40 bits per heavy atom. The van der Waals surface area contributed by atoms with Gasteiger partial charge in [-0.2, -0.15) is 0 Å². The summed E-state index contributed by atoms with van der Waals surface area (Å²) in [6, 6.07) is 0.724. The molecule has 0 spiro atoms. The van der Waals surface area contributed by atoms with E-state index in [1.807, 2.05) is 6.92 Å². The van der Waals surface area contributed by atoms with Crippen LogP contribution in [-0.4, -0.2) is 23.1 Å². The lowest BCUT2D eigenvalue weighted by atomic mass is 9.99. The first kappa shape index (κ1) is 14.2. The molecule has 0 saturated carbocycles. The molecule has 0 aromatic rings. The Labute approximate surface area is 92.9 Å². The maximum absolute atomic E-state index is 8.44. The number of rotatable bonds is 7. The summed E-state index contributed by atoms with van der Waals surface area (Å²) >= 11 is 0. The number of amidine groups is 1. The molecule has 4 heteroatoms. The molecule has 0 aliphatic rings. The van der Waals surface area contributed by atoms with Crippen LogP contribution in [0.1, 0.15) is 47.0 Å². The van der Waals surface area contributed by atoms with Crippen LogP contribution in [0.15, 0.2) is 5.16 Å². The quantitative estimate of drug-likeness (QED) is 0.263. The summed E-state index contributed by atoms with van der Waals surface area (Å²) in [7, 11) is 0. The molecule has 0 saturated heterocycles. The largest absolute Gasteiger partial charge is 0.409 e. The highest BCUT2D eigenvalue weighted by molar-refractivity contribution is 5.80. The van der Waals surface area contributed by atoms with Crippen LogP contribution < -0.4 is 11.1 Å². The predicted molar refractivity (Wildman–Crippen MR) is 64.2 cm³/mol. The van der Waals surface area contributed by atoms with Gasteiger partial charge in [0.2, 0.25) is 0 Å². The van der Waals surface area contributed by atoms with Crippen molar-refractivity contribution in [3.8, 4) is 0 Å². The predicted octanol–water partition coefficient (Wildman–Crippen LogP) is 1.93. The van der Waals surface area contributed by atoms with Crippen LogP contribution in [-0.2, 0) is 0 Å². The number of nitrogens with zero attached hydrogens (tertiary/aromatic N) is 1. The molecule has 15 heavy (non-hydrogen) atoms. The SMILES string of the molecule is CCC(C)CC(C)NC(C)CC(N)=NO. The molecule has 4 N–H and O–H groups in total. The Morgan fingerprint density at radius 1 is 1.33 bits per heavy atom. The van der Waals surface area contributed by atoms with Crippen molar-refractivity contribution in [2.45, 2.75) is 59.0 Å². The van der Waals surface area contributed by atoms with Crippen LogP contribution in [0.2, 0.25) is 0 Å². The fraction of sp³-hybridized carbons (Fsp3) is 0.909. The minimum atomic E-state index is 0.250. The number of hydrogen-bond acceptors (Lipinski definition) is 3. The van der Waals surface area contributed by atoms with Crippen LogP contribution >= 0.6 is 0 Å². The van der Waals surface area contributed by atoms with Gasteiger partial charge >= 0.3 is 0 Å². The average Bonchev–Trinajstić information content (AvgIpc) is 2.16. The molecule has 0 heterocycles. The Balaban J connectivity index is 3.80. The van der Waals surface area contributed by atoms with Crippen LogP contribution in [0.25, 0.3) is 0 Å². The molecule has 0 aromatic heterocycles. The van der Waals surface area contributed by atoms with Crippen molar-refractivity contribution < 1.29 is 5.21 Å². The van der Waals surface area contributed by atoms with E-state index in [1.54, 1.807) is 0 Å². The molecule has 0 radical (unpaired) electrons. The van der Waals surface area contributed by atoms with Crippen LogP contribution in [0, 0.1) is 5.92 Å². The fourth-order valence-corrected chi connectivity index (χ4v) is 1.74. The molecule has 90 valence electrons. The molecule has 0 bridgehead atoms. The summed E-state index contributed by atoms with van der Waals surface area (Å²) in [4.78, 5) is 0. The zero-order valence-corrected chi connectivity index (χ0v) is 10.3. The number of oxime groups is 1. The Kier molecular flexibility index (Phi) is 7.13. The molecule has 4 nitrogen and oxygen atoms in total. The highest BCUT2D eigenvalue weighted by Crippen LogP contribution is 2.10. The van der Waals surface area contributed by atoms with E-state index in [0.29, 0.717) is 12.5 Å². The second kappa shape index (κ2) is 7.51. The van der Waals surface area contributed by atoms with Crippen LogP contribution in [0.5, 0.6) is 0 Å². The molecular formula is C11H25N3O. The third-order valence-electron chi connectivity index (χ3n) is 2.67. The second-order valence-corrected chi connectivity index (χ2v) is 4.51. The van der Waals surface area contributed by atoms with E-state index in [4.69, 9.17) is 10.9 Å². The summed E-state index contributed by atoms with van der Waals surface area (Å²) in [6.07, 6.45) is 2.96. The molecule has 0 amide bonds. The lowest BCUT2D eigenvalue weighted by Gasteiger charge is -2.21. The molecule has 0 rings (SSSR count). The van der Waals surface area contributed by atoms with Crippen molar-refractivity contribution in [3.05, 3.63) is 0 Å².